The Kier molecular flexibility index (Phi) is 4.72. The van der Waals surface area contributed by atoms with E-state index in [4.69, 9.17) is 0 Å². The summed E-state index contributed by atoms with van der Waals surface area (Å²) in [6, 6.07) is 19.5. The molecule has 2 aromatic carbocycles. The van der Waals surface area contributed by atoms with E-state index in [9.17, 15) is 4.79 Å². The number of anilines is 1. The fraction of sp³-hybridized carbons (Fsp3) is 0.167. The van der Waals surface area contributed by atoms with Crippen molar-refractivity contribution in [1.82, 2.24) is 0 Å². The van der Waals surface area contributed by atoms with Gasteiger partial charge in [-0.2, -0.15) is 0 Å². The topological polar surface area (TPSA) is 29.1 Å². The molecular weight excluding hydrogens is 246 g/mol. The lowest BCUT2D eigenvalue weighted by atomic mass is 9.93. The Hall–Kier alpha value is -2.35. The molecule has 0 fully saturated rings. The molecule has 0 saturated carbocycles. The number of para-hydroxylation sites is 1. The van der Waals surface area contributed by atoms with Crippen LogP contribution in [0.5, 0.6) is 0 Å². The maximum absolute atomic E-state index is 12.3. The van der Waals surface area contributed by atoms with E-state index in [1.54, 1.807) is 0 Å². The van der Waals surface area contributed by atoms with Crippen molar-refractivity contribution < 1.29 is 4.79 Å². The molecule has 2 heteroatoms. The second-order valence-electron chi connectivity index (χ2n) is 4.69. The Morgan fingerprint density at radius 3 is 2.10 bits per heavy atom. The Labute approximate surface area is 120 Å². The van der Waals surface area contributed by atoms with Gasteiger partial charge in [-0.15, -0.1) is 0 Å². The molecule has 2 rings (SSSR count). The van der Waals surface area contributed by atoms with Gasteiger partial charge in [0.05, 0.1) is 5.92 Å². The minimum atomic E-state index is -0.192. The maximum atomic E-state index is 12.3. The van der Waals surface area contributed by atoms with Gasteiger partial charge in [-0.05, 0) is 37.1 Å². The number of amides is 1. The lowest BCUT2D eigenvalue weighted by Crippen LogP contribution is -2.21. The lowest BCUT2D eigenvalue weighted by molar-refractivity contribution is -0.117. The highest BCUT2D eigenvalue weighted by Crippen LogP contribution is 2.24. The standard InChI is InChI=1S/C18H19NO/c1-3-17(15-10-6-4-7-11-15)14(2)18(20)19-16-12-8-5-9-13-16/h3-14H,1-2H3,(H,19,20)/b17-3-. The number of nitrogens with one attached hydrogen (secondary N) is 1. The molecule has 2 aromatic rings. The van der Waals surface area contributed by atoms with Gasteiger partial charge in [-0.1, -0.05) is 54.6 Å². The van der Waals surface area contributed by atoms with Gasteiger partial charge in [-0.3, -0.25) is 4.79 Å². The third-order valence-electron chi connectivity index (χ3n) is 3.32. The quantitative estimate of drug-likeness (QED) is 0.874. The van der Waals surface area contributed by atoms with Crippen molar-refractivity contribution in [3.8, 4) is 0 Å². The molecule has 0 heterocycles. The SMILES string of the molecule is C/C=C(\c1ccccc1)C(C)C(=O)Nc1ccccc1. The van der Waals surface area contributed by atoms with Crippen molar-refractivity contribution in [2.24, 2.45) is 5.92 Å². The van der Waals surface area contributed by atoms with E-state index in [0.29, 0.717) is 0 Å². The van der Waals surface area contributed by atoms with Crippen LogP contribution in [0.15, 0.2) is 66.7 Å². The van der Waals surface area contributed by atoms with E-state index in [-0.39, 0.29) is 11.8 Å². The first kappa shape index (κ1) is 14.1. The van der Waals surface area contributed by atoms with Crippen LogP contribution in [0.2, 0.25) is 0 Å². The fourth-order valence-electron chi connectivity index (χ4n) is 2.21. The normalized spacial score (nSPS) is 12.8. The molecule has 1 amide bonds. The maximum Gasteiger partial charge on any atom is 0.231 e. The summed E-state index contributed by atoms with van der Waals surface area (Å²) in [6.45, 7) is 3.90. The van der Waals surface area contributed by atoms with Crippen molar-refractivity contribution in [2.75, 3.05) is 5.32 Å². The number of benzene rings is 2. The van der Waals surface area contributed by atoms with Crippen LogP contribution >= 0.6 is 0 Å². The Balaban J connectivity index is 2.13. The molecule has 2 nitrogen and oxygen atoms in total. The highest BCUT2D eigenvalue weighted by atomic mass is 16.1. The van der Waals surface area contributed by atoms with Crippen LogP contribution < -0.4 is 5.32 Å². The second kappa shape index (κ2) is 6.71. The minimum absolute atomic E-state index is 0.00755. The molecule has 0 spiro atoms. The van der Waals surface area contributed by atoms with Crippen molar-refractivity contribution >= 4 is 17.2 Å². The zero-order chi connectivity index (χ0) is 14.4. The van der Waals surface area contributed by atoms with Gasteiger partial charge in [0.1, 0.15) is 0 Å². The second-order valence-corrected chi connectivity index (χ2v) is 4.69. The highest BCUT2D eigenvalue weighted by molar-refractivity contribution is 6.00. The van der Waals surface area contributed by atoms with Crippen LogP contribution in [0.4, 0.5) is 5.69 Å². The number of hydrogen-bond donors (Lipinski definition) is 1. The molecule has 1 atom stereocenters. The van der Waals surface area contributed by atoms with Crippen molar-refractivity contribution in [1.29, 1.82) is 0 Å². The predicted molar refractivity (Wildman–Crippen MR) is 84.3 cm³/mol. The highest BCUT2D eigenvalue weighted by Gasteiger charge is 2.18. The van der Waals surface area contributed by atoms with Crippen LogP contribution in [-0.4, -0.2) is 5.91 Å². The van der Waals surface area contributed by atoms with Gasteiger partial charge in [0, 0.05) is 5.69 Å². The molecule has 0 aromatic heterocycles. The molecule has 102 valence electrons. The fourth-order valence-corrected chi connectivity index (χ4v) is 2.21. The zero-order valence-electron chi connectivity index (χ0n) is 11.8. The molecule has 0 aliphatic heterocycles. The number of carbonyl (C=O) groups is 1. The van der Waals surface area contributed by atoms with Crippen molar-refractivity contribution in [3.63, 3.8) is 0 Å². The molecule has 1 N–H and O–H groups in total. The first-order valence-electron chi connectivity index (χ1n) is 6.80. The summed E-state index contributed by atoms with van der Waals surface area (Å²) < 4.78 is 0. The van der Waals surface area contributed by atoms with E-state index in [1.165, 1.54) is 0 Å². The van der Waals surface area contributed by atoms with Gasteiger partial charge in [0.2, 0.25) is 5.91 Å². The monoisotopic (exact) mass is 265 g/mol. The Morgan fingerprint density at radius 2 is 1.55 bits per heavy atom. The van der Waals surface area contributed by atoms with Crippen LogP contribution in [-0.2, 0) is 4.79 Å². The molecule has 0 aliphatic rings. The van der Waals surface area contributed by atoms with Gasteiger partial charge in [0.15, 0.2) is 0 Å². The number of carbonyl (C=O) groups excluding carboxylic acids is 1. The average molecular weight is 265 g/mol. The summed E-state index contributed by atoms with van der Waals surface area (Å²) in [5.41, 5.74) is 2.96. The average Bonchev–Trinajstić information content (AvgIpc) is 2.50. The molecule has 1 unspecified atom stereocenters. The molecule has 0 radical (unpaired) electrons. The van der Waals surface area contributed by atoms with E-state index in [2.05, 4.69) is 5.32 Å². The van der Waals surface area contributed by atoms with E-state index in [1.807, 2.05) is 80.6 Å². The van der Waals surface area contributed by atoms with Crippen molar-refractivity contribution in [3.05, 3.63) is 72.3 Å². The Morgan fingerprint density at radius 1 is 1.00 bits per heavy atom. The van der Waals surface area contributed by atoms with Crippen LogP contribution in [0.3, 0.4) is 0 Å². The summed E-state index contributed by atoms with van der Waals surface area (Å²) in [6.07, 6.45) is 2.00. The molecule has 0 aliphatic carbocycles. The minimum Gasteiger partial charge on any atom is -0.326 e. The van der Waals surface area contributed by atoms with Gasteiger partial charge in [-0.25, -0.2) is 0 Å². The first-order chi connectivity index (χ1) is 9.72. The summed E-state index contributed by atoms with van der Waals surface area (Å²) in [4.78, 5) is 12.3. The number of allylic oxidation sites excluding steroid dienone is 1. The third-order valence-corrected chi connectivity index (χ3v) is 3.32. The number of hydrogen-bond acceptors (Lipinski definition) is 1. The predicted octanol–water partition coefficient (Wildman–Crippen LogP) is 4.36. The molecule has 20 heavy (non-hydrogen) atoms. The van der Waals surface area contributed by atoms with Gasteiger partial charge >= 0.3 is 0 Å². The molecule has 0 bridgehead atoms. The summed E-state index contributed by atoms with van der Waals surface area (Å²) in [5, 5.41) is 2.95. The van der Waals surface area contributed by atoms with Crippen molar-refractivity contribution in [2.45, 2.75) is 13.8 Å². The first-order valence-corrected chi connectivity index (χ1v) is 6.80. The lowest BCUT2D eigenvalue weighted by Gasteiger charge is -2.16. The third kappa shape index (κ3) is 3.35. The van der Waals surface area contributed by atoms with Crippen LogP contribution in [0.25, 0.3) is 5.57 Å². The summed E-state index contributed by atoms with van der Waals surface area (Å²) in [7, 11) is 0. The smallest absolute Gasteiger partial charge is 0.231 e. The Bertz CT molecular complexity index is 587. The summed E-state index contributed by atoms with van der Waals surface area (Å²) in [5.74, 6) is -0.184. The molecule has 0 saturated heterocycles. The van der Waals surface area contributed by atoms with Gasteiger partial charge in [0.25, 0.3) is 0 Å². The zero-order valence-corrected chi connectivity index (χ0v) is 11.8. The van der Waals surface area contributed by atoms with Gasteiger partial charge < -0.3 is 5.32 Å². The van der Waals surface area contributed by atoms with E-state index >= 15 is 0 Å². The number of rotatable bonds is 4. The van der Waals surface area contributed by atoms with Crippen LogP contribution in [0.1, 0.15) is 19.4 Å². The van der Waals surface area contributed by atoms with E-state index in [0.717, 1.165) is 16.8 Å². The molecular formula is C18H19NO. The summed E-state index contributed by atoms with van der Waals surface area (Å²) >= 11 is 0. The van der Waals surface area contributed by atoms with Crippen LogP contribution in [0, 0.1) is 5.92 Å². The largest absolute Gasteiger partial charge is 0.326 e. The van der Waals surface area contributed by atoms with E-state index < -0.39 is 0 Å².